The molecule has 0 spiro atoms. The number of nitrogens with zero attached hydrogens (tertiary/aromatic N) is 3. The predicted molar refractivity (Wildman–Crippen MR) is 75.3 cm³/mol. The van der Waals surface area contributed by atoms with Crippen LogP contribution in [-0.4, -0.2) is 41.7 Å². The molecule has 2 amide bonds. The Labute approximate surface area is 117 Å². The Balaban J connectivity index is 1.96. The van der Waals surface area contributed by atoms with Gasteiger partial charge in [0, 0.05) is 32.6 Å². The summed E-state index contributed by atoms with van der Waals surface area (Å²) < 4.78 is 5.19. The molecule has 1 aromatic carbocycles. The van der Waals surface area contributed by atoms with Crippen LogP contribution in [0.5, 0.6) is 0 Å². The molecule has 0 fully saturated rings. The van der Waals surface area contributed by atoms with E-state index < -0.39 is 0 Å². The molecule has 6 nitrogen and oxygen atoms in total. The minimum atomic E-state index is -0.136. The van der Waals surface area contributed by atoms with Crippen LogP contribution in [0.4, 0.5) is 4.79 Å². The normalized spacial score (nSPS) is 10.3. The third kappa shape index (κ3) is 3.34. The molecule has 2 aromatic rings. The number of amides is 2. The summed E-state index contributed by atoms with van der Waals surface area (Å²) in [6, 6.07) is 7.73. The zero-order chi connectivity index (χ0) is 14.5. The third-order valence-electron chi connectivity index (χ3n) is 2.88. The molecule has 0 aliphatic heterocycles. The maximum Gasteiger partial charge on any atom is 0.316 e. The SMILES string of the molecule is Cc1ccccc1-c1noc(CCNC(=O)N(C)C)n1. The lowest BCUT2D eigenvalue weighted by atomic mass is 10.1. The van der Waals surface area contributed by atoms with Crippen molar-refractivity contribution in [1.29, 1.82) is 0 Å². The molecule has 1 aromatic heterocycles. The standard InChI is InChI=1S/C14H18N4O2/c1-10-6-4-5-7-11(10)13-16-12(20-17-13)8-9-15-14(19)18(2)3/h4-7H,8-9H2,1-3H3,(H,15,19). The zero-order valence-corrected chi connectivity index (χ0v) is 11.9. The quantitative estimate of drug-likeness (QED) is 0.923. The molecular formula is C14H18N4O2. The average Bonchev–Trinajstić information content (AvgIpc) is 2.87. The van der Waals surface area contributed by atoms with E-state index in [0.29, 0.717) is 24.7 Å². The van der Waals surface area contributed by atoms with E-state index in [1.807, 2.05) is 31.2 Å². The highest BCUT2D eigenvalue weighted by atomic mass is 16.5. The maximum atomic E-state index is 11.4. The van der Waals surface area contributed by atoms with Crippen LogP contribution in [0.1, 0.15) is 11.5 Å². The van der Waals surface area contributed by atoms with Crippen molar-refractivity contribution in [2.45, 2.75) is 13.3 Å². The first-order chi connectivity index (χ1) is 9.58. The van der Waals surface area contributed by atoms with Crippen molar-refractivity contribution in [3.05, 3.63) is 35.7 Å². The van der Waals surface area contributed by atoms with Gasteiger partial charge < -0.3 is 14.7 Å². The van der Waals surface area contributed by atoms with E-state index in [-0.39, 0.29) is 6.03 Å². The van der Waals surface area contributed by atoms with Crippen LogP contribution in [0.25, 0.3) is 11.4 Å². The summed E-state index contributed by atoms with van der Waals surface area (Å²) in [5, 5.41) is 6.72. The van der Waals surface area contributed by atoms with E-state index in [0.717, 1.165) is 11.1 Å². The van der Waals surface area contributed by atoms with Gasteiger partial charge in [0.05, 0.1) is 0 Å². The number of carbonyl (C=O) groups excluding carboxylic acids is 1. The Morgan fingerprint density at radius 1 is 1.35 bits per heavy atom. The van der Waals surface area contributed by atoms with Gasteiger partial charge in [0.2, 0.25) is 11.7 Å². The van der Waals surface area contributed by atoms with Gasteiger partial charge in [0.25, 0.3) is 0 Å². The number of carbonyl (C=O) groups is 1. The molecular weight excluding hydrogens is 256 g/mol. The largest absolute Gasteiger partial charge is 0.339 e. The topological polar surface area (TPSA) is 71.3 Å². The summed E-state index contributed by atoms with van der Waals surface area (Å²) in [5.41, 5.74) is 2.06. The first-order valence-corrected chi connectivity index (χ1v) is 6.41. The lowest BCUT2D eigenvalue weighted by molar-refractivity contribution is 0.217. The van der Waals surface area contributed by atoms with Crippen LogP contribution in [0.3, 0.4) is 0 Å². The second-order valence-corrected chi connectivity index (χ2v) is 4.70. The second kappa shape index (κ2) is 6.18. The van der Waals surface area contributed by atoms with Gasteiger partial charge in [-0.25, -0.2) is 4.79 Å². The number of urea groups is 1. The Bertz CT molecular complexity index is 592. The predicted octanol–water partition coefficient (Wildman–Crippen LogP) is 1.86. The summed E-state index contributed by atoms with van der Waals surface area (Å²) in [6.07, 6.45) is 0.512. The smallest absolute Gasteiger partial charge is 0.316 e. The Hall–Kier alpha value is -2.37. The molecule has 0 saturated carbocycles. The minimum Gasteiger partial charge on any atom is -0.339 e. The molecule has 1 N–H and O–H groups in total. The number of aryl methyl sites for hydroxylation is 1. The molecule has 0 aliphatic rings. The molecule has 0 unspecified atom stereocenters. The van der Waals surface area contributed by atoms with E-state index in [1.165, 1.54) is 4.90 Å². The van der Waals surface area contributed by atoms with Gasteiger partial charge in [-0.15, -0.1) is 0 Å². The molecule has 6 heteroatoms. The van der Waals surface area contributed by atoms with Crippen molar-refractivity contribution in [3.63, 3.8) is 0 Å². The first-order valence-electron chi connectivity index (χ1n) is 6.41. The number of benzene rings is 1. The second-order valence-electron chi connectivity index (χ2n) is 4.70. The van der Waals surface area contributed by atoms with Crippen molar-refractivity contribution < 1.29 is 9.32 Å². The van der Waals surface area contributed by atoms with Crippen molar-refractivity contribution in [2.24, 2.45) is 0 Å². The fourth-order valence-electron chi connectivity index (χ4n) is 1.72. The highest BCUT2D eigenvalue weighted by molar-refractivity contribution is 5.73. The van der Waals surface area contributed by atoms with Crippen molar-refractivity contribution in [1.82, 2.24) is 20.4 Å². The van der Waals surface area contributed by atoms with Crippen LogP contribution >= 0.6 is 0 Å². The van der Waals surface area contributed by atoms with E-state index in [4.69, 9.17) is 4.52 Å². The minimum absolute atomic E-state index is 0.136. The number of nitrogens with one attached hydrogen (secondary N) is 1. The molecule has 0 atom stereocenters. The van der Waals surface area contributed by atoms with Gasteiger partial charge in [0.15, 0.2) is 0 Å². The molecule has 2 rings (SSSR count). The molecule has 0 radical (unpaired) electrons. The van der Waals surface area contributed by atoms with Crippen molar-refractivity contribution in [2.75, 3.05) is 20.6 Å². The number of aromatic nitrogens is 2. The number of rotatable bonds is 4. The number of hydrogen-bond donors (Lipinski definition) is 1. The lowest BCUT2D eigenvalue weighted by Crippen LogP contribution is -2.35. The van der Waals surface area contributed by atoms with Crippen LogP contribution in [0.15, 0.2) is 28.8 Å². The van der Waals surface area contributed by atoms with E-state index in [1.54, 1.807) is 14.1 Å². The van der Waals surface area contributed by atoms with Gasteiger partial charge in [-0.3, -0.25) is 0 Å². The van der Waals surface area contributed by atoms with Gasteiger partial charge in [0.1, 0.15) is 0 Å². The summed E-state index contributed by atoms with van der Waals surface area (Å²) in [4.78, 5) is 17.2. The van der Waals surface area contributed by atoms with E-state index in [2.05, 4.69) is 15.5 Å². The molecule has 20 heavy (non-hydrogen) atoms. The third-order valence-corrected chi connectivity index (χ3v) is 2.88. The van der Waals surface area contributed by atoms with Crippen LogP contribution in [-0.2, 0) is 6.42 Å². The van der Waals surface area contributed by atoms with Crippen LogP contribution in [0.2, 0.25) is 0 Å². The fraction of sp³-hybridized carbons (Fsp3) is 0.357. The summed E-state index contributed by atoms with van der Waals surface area (Å²) >= 11 is 0. The molecule has 0 bridgehead atoms. The van der Waals surface area contributed by atoms with Crippen LogP contribution < -0.4 is 5.32 Å². The maximum absolute atomic E-state index is 11.4. The Kier molecular flexibility index (Phi) is 4.34. The lowest BCUT2D eigenvalue weighted by Gasteiger charge is -2.10. The average molecular weight is 274 g/mol. The molecule has 1 heterocycles. The highest BCUT2D eigenvalue weighted by Crippen LogP contribution is 2.19. The van der Waals surface area contributed by atoms with Gasteiger partial charge in [-0.2, -0.15) is 4.98 Å². The van der Waals surface area contributed by atoms with Crippen LogP contribution in [0, 0.1) is 6.92 Å². The summed E-state index contributed by atoms with van der Waals surface area (Å²) in [5.74, 6) is 1.10. The monoisotopic (exact) mass is 274 g/mol. The Morgan fingerprint density at radius 3 is 2.80 bits per heavy atom. The Morgan fingerprint density at radius 2 is 2.10 bits per heavy atom. The first kappa shape index (κ1) is 14.0. The fourth-order valence-corrected chi connectivity index (χ4v) is 1.72. The van der Waals surface area contributed by atoms with Crippen molar-refractivity contribution in [3.8, 4) is 11.4 Å². The summed E-state index contributed by atoms with van der Waals surface area (Å²) in [6.45, 7) is 2.47. The highest BCUT2D eigenvalue weighted by Gasteiger charge is 2.10. The molecule has 106 valence electrons. The zero-order valence-electron chi connectivity index (χ0n) is 11.9. The van der Waals surface area contributed by atoms with E-state index in [9.17, 15) is 4.79 Å². The van der Waals surface area contributed by atoms with Crippen molar-refractivity contribution >= 4 is 6.03 Å². The molecule has 0 aliphatic carbocycles. The number of hydrogen-bond acceptors (Lipinski definition) is 4. The van der Waals surface area contributed by atoms with E-state index >= 15 is 0 Å². The van der Waals surface area contributed by atoms with Gasteiger partial charge in [-0.1, -0.05) is 29.4 Å². The van der Waals surface area contributed by atoms with Gasteiger partial charge in [-0.05, 0) is 12.5 Å². The van der Waals surface area contributed by atoms with Gasteiger partial charge >= 0.3 is 6.03 Å². The summed E-state index contributed by atoms with van der Waals surface area (Å²) in [7, 11) is 3.39. The molecule has 0 saturated heterocycles.